The Morgan fingerprint density at radius 3 is 2.68 bits per heavy atom. The largest absolute Gasteiger partial charge is 0.495 e. The molecule has 0 aliphatic rings. The van der Waals surface area contributed by atoms with Crippen LogP contribution in [0.2, 0.25) is 0 Å². The topological polar surface area (TPSA) is 92.9 Å². The standard InChI is InChI=1S/C23H21N3O4S/c1-14(25-26-23(28)11-15-6-5-9-31-15)10-22(27)24-18-13-20-17(12-21(18)29-2)16-7-3-4-8-19(16)30-20/h3-9,12-13H,10-11H2,1-2H3,(H,24,27)(H,26,28)/b25-14+. The lowest BCUT2D eigenvalue weighted by atomic mass is 10.1. The molecule has 0 spiro atoms. The van der Waals surface area contributed by atoms with Gasteiger partial charge in [-0.15, -0.1) is 11.3 Å². The first-order valence-corrected chi connectivity index (χ1v) is 10.5. The zero-order valence-corrected chi connectivity index (χ0v) is 17.9. The molecule has 0 saturated carbocycles. The van der Waals surface area contributed by atoms with Crippen molar-refractivity contribution in [3.8, 4) is 5.75 Å². The maximum absolute atomic E-state index is 12.5. The fraction of sp³-hybridized carbons (Fsp3) is 0.174. The summed E-state index contributed by atoms with van der Waals surface area (Å²) in [6.45, 7) is 1.69. The van der Waals surface area contributed by atoms with Crippen molar-refractivity contribution in [2.45, 2.75) is 19.8 Å². The zero-order valence-electron chi connectivity index (χ0n) is 17.1. The summed E-state index contributed by atoms with van der Waals surface area (Å²) < 4.78 is 11.3. The Morgan fingerprint density at radius 1 is 1.06 bits per heavy atom. The van der Waals surface area contributed by atoms with E-state index in [1.807, 2.05) is 47.8 Å². The van der Waals surface area contributed by atoms with E-state index in [0.717, 1.165) is 21.2 Å². The average Bonchev–Trinajstić information content (AvgIpc) is 3.38. The lowest BCUT2D eigenvalue weighted by molar-refractivity contribution is -0.120. The van der Waals surface area contributed by atoms with Crippen LogP contribution in [0.15, 0.2) is 63.4 Å². The Balaban J connectivity index is 1.43. The van der Waals surface area contributed by atoms with Gasteiger partial charge in [0.1, 0.15) is 16.9 Å². The number of anilines is 1. The van der Waals surface area contributed by atoms with Crippen LogP contribution in [0.25, 0.3) is 21.9 Å². The van der Waals surface area contributed by atoms with E-state index in [-0.39, 0.29) is 24.7 Å². The molecule has 0 radical (unpaired) electrons. The molecular formula is C23H21N3O4S. The minimum absolute atomic E-state index is 0.0284. The van der Waals surface area contributed by atoms with E-state index in [1.54, 1.807) is 20.1 Å². The van der Waals surface area contributed by atoms with Gasteiger partial charge in [0.25, 0.3) is 0 Å². The highest BCUT2D eigenvalue weighted by Gasteiger charge is 2.14. The van der Waals surface area contributed by atoms with Gasteiger partial charge in [0.15, 0.2) is 0 Å². The SMILES string of the molecule is COc1cc2c(cc1NC(=O)C/C(C)=N/NC(=O)Cc1cccs1)oc1ccccc12. The molecule has 0 saturated heterocycles. The first kappa shape index (κ1) is 20.6. The quantitative estimate of drug-likeness (QED) is 0.324. The van der Waals surface area contributed by atoms with Crippen molar-refractivity contribution in [1.82, 2.24) is 5.43 Å². The van der Waals surface area contributed by atoms with Crippen molar-refractivity contribution in [2.24, 2.45) is 5.10 Å². The van der Waals surface area contributed by atoms with E-state index < -0.39 is 0 Å². The second-order valence-electron chi connectivity index (χ2n) is 7.01. The molecule has 0 aliphatic carbocycles. The molecule has 4 aromatic rings. The Hall–Kier alpha value is -3.65. The number of ether oxygens (including phenoxy) is 1. The minimum Gasteiger partial charge on any atom is -0.495 e. The van der Waals surface area contributed by atoms with Crippen molar-refractivity contribution in [3.05, 3.63) is 58.8 Å². The van der Waals surface area contributed by atoms with Gasteiger partial charge in [-0.05, 0) is 30.5 Å². The van der Waals surface area contributed by atoms with Gasteiger partial charge < -0.3 is 14.5 Å². The van der Waals surface area contributed by atoms with Crippen LogP contribution in [0, 0.1) is 0 Å². The van der Waals surface area contributed by atoms with Crippen LogP contribution >= 0.6 is 11.3 Å². The highest BCUT2D eigenvalue weighted by atomic mass is 32.1. The number of amides is 2. The van der Waals surface area contributed by atoms with Gasteiger partial charge in [0.2, 0.25) is 11.8 Å². The normalized spacial score (nSPS) is 11.6. The Bertz CT molecular complexity index is 1270. The fourth-order valence-electron chi connectivity index (χ4n) is 3.25. The number of rotatable bonds is 7. The molecule has 0 fully saturated rings. The monoisotopic (exact) mass is 435 g/mol. The average molecular weight is 436 g/mol. The maximum atomic E-state index is 12.5. The number of benzene rings is 2. The fourth-order valence-corrected chi connectivity index (χ4v) is 3.96. The smallest absolute Gasteiger partial charge is 0.245 e. The van der Waals surface area contributed by atoms with E-state index in [1.165, 1.54) is 11.3 Å². The number of hydrogen-bond acceptors (Lipinski definition) is 6. The molecule has 158 valence electrons. The molecular weight excluding hydrogens is 414 g/mol. The van der Waals surface area contributed by atoms with Gasteiger partial charge in [-0.2, -0.15) is 5.10 Å². The minimum atomic E-state index is -0.275. The van der Waals surface area contributed by atoms with Gasteiger partial charge in [-0.3, -0.25) is 9.59 Å². The molecule has 2 aromatic carbocycles. The first-order chi connectivity index (χ1) is 15.0. The molecule has 0 atom stereocenters. The van der Waals surface area contributed by atoms with Gasteiger partial charge in [0, 0.05) is 27.4 Å². The Kier molecular flexibility index (Phi) is 5.99. The molecule has 0 unspecified atom stereocenters. The summed E-state index contributed by atoms with van der Waals surface area (Å²) in [5, 5.41) is 10.7. The Morgan fingerprint density at radius 2 is 1.90 bits per heavy atom. The molecule has 7 nitrogen and oxygen atoms in total. The number of hydrazone groups is 1. The van der Waals surface area contributed by atoms with E-state index in [2.05, 4.69) is 15.8 Å². The number of methoxy groups -OCH3 is 1. The van der Waals surface area contributed by atoms with Crippen LogP contribution in [0.5, 0.6) is 5.75 Å². The maximum Gasteiger partial charge on any atom is 0.245 e. The van der Waals surface area contributed by atoms with E-state index in [9.17, 15) is 9.59 Å². The van der Waals surface area contributed by atoms with E-state index in [0.29, 0.717) is 22.7 Å². The number of hydrogen-bond donors (Lipinski definition) is 2. The number of thiophene rings is 1. The third-order valence-corrected chi connectivity index (χ3v) is 5.55. The van der Waals surface area contributed by atoms with Crippen LogP contribution in [-0.2, 0) is 16.0 Å². The van der Waals surface area contributed by atoms with Crippen molar-refractivity contribution in [3.63, 3.8) is 0 Å². The summed E-state index contributed by atoms with van der Waals surface area (Å²) in [5.74, 6) is 0.0352. The molecule has 0 bridgehead atoms. The van der Waals surface area contributed by atoms with Crippen molar-refractivity contribution in [1.29, 1.82) is 0 Å². The van der Waals surface area contributed by atoms with Gasteiger partial charge >= 0.3 is 0 Å². The molecule has 2 N–H and O–H groups in total. The van der Waals surface area contributed by atoms with Crippen LogP contribution in [0.3, 0.4) is 0 Å². The van der Waals surface area contributed by atoms with Gasteiger partial charge in [-0.25, -0.2) is 5.43 Å². The third kappa shape index (κ3) is 4.75. The second kappa shape index (κ2) is 9.01. The number of furan rings is 1. The highest BCUT2D eigenvalue weighted by Crippen LogP contribution is 2.36. The number of carbonyl (C=O) groups excluding carboxylic acids is 2. The van der Waals surface area contributed by atoms with Crippen molar-refractivity contribution < 1.29 is 18.7 Å². The molecule has 2 heterocycles. The van der Waals surface area contributed by atoms with Gasteiger partial charge in [0.05, 0.1) is 25.6 Å². The van der Waals surface area contributed by atoms with Crippen LogP contribution in [-0.4, -0.2) is 24.6 Å². The lowest BCUT2D eigenvalue weighted by Gasteiger charge is -2.10. The molecule has 2 amide bonds. The van der Waals surface area contributed by atoms with E-state index >= 15 is 0 Å². The zero-order chi connectivity index (χ0) is 21.8. The summed E-state index contributed by atoms with van der Waals surface area (Å²) >= 11 is 1.51. The Labute approximate surface area is 182 Å². The number of nitrogens with zero attached hydrogens (tertiary/aromatic N) is 1. The lowest BCUT2D eigenvalue weighted by Crippen LogP contribution is -2.22. The number of para-hydroxylation sites is 1. The molecule has 0 aliphatic heterocycles. The summed E-state index contributed by atoms with van der Waals surface area (Å²) in [4.78, 5) is 25.4. The van der Waals surface area contributed by atoms with Crippen molar-refractivity contribution >= 4 is 56.5 Å². The number of nitrogens with one attached hydrogen (secondary N) is 2. The molecule has 31 heavy (non-hydrogen) atoms. The van der Waals surface area contributed by atoms with Crippen LogP contribution < -0.4 is 15.5 Å². The molecule has 4 rings (SSSR count). The highest BCUT2D eigenvalue weighted by molar-refractivity contribution is 7.10. The van der Waals surface area contributed by atoms with Crippen molar-refractivity contribution in [2.75, 3.05) is 12.4 Å². The molecule has 2 aromatic heterocycles. The predicted molar refractivity (Wildman–Crippen MR) is 123 cm³/mol. The van der Waals surface area contributed by atoms with Crippen LogP contribution in [0.4, 0.5) is 5.69 Å². The number of carbonyl (C=O) groups is 2. The first-order valence-electron chi connectivity index (χ1n) is 9.67. The van der Waals surface area contributed by atoms with Crippen LogP contribution in [0.1, 0.15) is 18.2 Å². The summed E-state index contributed by atoms with van der Waals surface area (Å²) in [7, 11) is 1.55. The summed E-state index contributed by atoms with van der Waals surface area (Å²) in [5.41, 5.74) is 4.91. The summed E-state index contributed by atoms with van der Waals surface area (Å²) in [6, 6.07) is 15.1. The predicted octanol–water partition coefficient (Wildman–Crippen LogP) is 4.72. The number of fused-ring (bicyclic) bond motifs is 3. The molecule has 8 heteroatoms. The second-order valence-corrected chi connectivity index (χ2v) is 8.04. The van der Waals surface area contributed by atoms with Gasteiger partial charge in [-0.1, -0.05) is 24.3 Å². The van der Waals surface area contributed by atoms with E-state index in [4.69, 9.17) is 9.15 Å². The third-order valence-electron chi connectivity index (χ3n) is 4.68. The summed E-state index contributed by atoms with van der Waals surface area (Å²) in [6.07, 6.45) is 0.288.